The summed E-state index contributed by atoms with van der Waals surface area (Å²) in [4.78, 5) is 8.21. The van der Waals surface area contributed by atoms with Crippen molar-refractivity contribution in [1.82, 2.24) is 9.97 Å². The van der Waals surface area contributed by atoms with Crippen molar-refractivity contribution in [3.8, 4) is 6.07 Å². The highest BCUT2D eigenvalue weighted by atomic mass is 32.1. The number of nitriles is 1. The molecule has 2 rings (SSSR count). The number of nitrogens with zero attached hydrogens (tertiary/aromatic N) is 3. The molecule has 74 valence electrons. The van der Waals surface area contributed by atoms with Gasteiger partial charge in [-0.3, -0.25) is 4.98 Å². The van der Waals surface area contributed by atoms with Gasteiger partial charge in [-0.05, 0) is 13.0 Å². The average molecular weight is 216 g/mol. The summed E-state index contributed by atoms with van der Waals surface area (Å²) in [7, 11) is 0. The van der Waals surface area contributed by atoms with Crippen LogP contribution in [0.5, 0.6) is 0 Å². The molecule has 5 heteroatoms. The third-order valence-corrected chi connectivity index (χ3v) is 2.68. The van der Waals surface area contributed by atoms with Crippen LogP contribution in [0.4, 0.5) is 10.8 Å². The number of anilines is 2. The minimum Gasteiger partial charge on any atom is -0.329 e. The number of hydrogen-bond acceptors (Lipinski definition) is 5. The molecule has 0 saturated heterocycles. The third-order valence-electron chi connectivity index (χ3n) is 1.80. The molecule has 0 aliphatic carbocycles. The van der Waals surface area contributed by atoms with Crippen molar-refractivity contribution in [2.45, 2.75) is 6.92 Å². The maximum atomic E-state index is 8.87. The Bertz CT molecular complexity index is 512. The first-order chi connectivity index (χ1) is 7.29. The lowest BCUT2D eigenvalue weighted by atomic mass is 10.2. The van der Waals surface area contributed by atoms with Gasteiger partial charge in [-0.1, -0.05) is 0 Å². The zero-order valence-corrected chi connectivity index (χ0v) is 8.88. The second-order valence-electron chi connectivity index (χ2n) is 2.95. The van der Waals surface area contributed by atoms with Gasteiger partial charge in [0.15, 0.2) is 5.13 Å². The van der Waals surface area contributed by atoms with Gasteiger partial charge in [0.05, 0.1) is 23.1 Å². The number of thiazole rings is 1. The van der Waals surface area contributed by atoms with E-state index in [1.807, 2.05) is 12.3 Å². The molecule has 1 N–H and O–H groups in total. The van der Waals surface area contributed by atoms with Crippen LogP contribution in [0.3, 0.4) is 0 Å². The lowest BCUT2D eigenvalue weighted by Gasteiger charge is -2.02. The first kappa shape index (κ1) is 9.62. The Balaban J connectivity index is 2.28. The minimum atomic E-state index is 0.567. The van der Waals surface area contributed by atoms with E-state index in [-0.39, 0.29) is 0 Å². The zero-order valence-electron chi connectivity index (χ0n) is 8.06. The Morgan fingerprint density at radius 2 is 2.40 bits per heavy atom. The Labute approximate surface area is 91.2 Å². The van der Waals surface area contributed by atoms with E-state index < -0.39 is 0 Å². The van der Waals surface area contributed by atoms with Gasteiger partial charge >= 0.3 is 0 Å². The van der Waals surface area contributed by atoms with E-state index in [9.17, 15) is 0 Å². The van der Waals surface area contributed by atoms with Crippen LogP contribution in [0.15, 0.2) is 23.8 Å². The smallest absolute Gasteiger partial charge is 0.187 e. The summed E-state index contributed by atoms with van der Waals surface area (Å²) in [6.45, 7) is 1.93. The third kappa shape index (κ3) is 2.11. The molecule has 0 aromatic carbocycles. The maximum absolute atomic E-state index is 8.87. The summed E-state index contributed by atoms with van der Waals surface area (Å²) in [6, 6.07) is 3.77. The number of nitrogens with one attached hydrogen (secondary N) is 1. The number of pyridine rings is 1. The van der Waals surface area contributed by atoms with Gasteiger partial charge in [0.2, 0.25) is 0 Å². The first-order valence-corrected chi connectivity index (χ1v) is 5.21. The van der Waals surface area contributed by atoms with Crippen molar-refractivity contribution in [2.24, 2.45) is 0 Å². The molecule has 4 nitrogen and oxygen atoms in total. The molecule has 2 heterocycles. The molecule has 15 heavy (non-hydrogen) atoms. The van der Waals surface area contributed by atoms with Gasteiger partial charge in [0, 0.05) is 11.6 Å². The molecule has 0 aliphatic heterocycles. The Kier molecular flexibility index (Phi) is 2.61. The summed E-state index contributed by atoms with van der Waals surface area (Å²) >= 11 is 1.50. The monoisotopic (exact) mass is 216 g/mol. The fourth-order valence-corrected chi connectivity index (χ4v) is 1.82. The van der Waals surface area contributed by atoms with E-state index in [2.05, 4.69) is 21.4 Å². The van der Waals surface area contributed by atoms with Crippen molar-refractivity contribution >= 4 is 22.2 Å². The fraction of sp³-hybridized carbons (Fsp3) is 0.100. The second-order valence-corrected chi connectivity index (χ2v) is 3.81. The standard InChI is InChI=1S/C10H8N4S/c1-7-6-15-10(13-7)14-9-5-12-3-2-8(9)4-11/h2-3,5-6H,1H3,(H,13,14). The quantitative estimate of drug-likeness (QED) is 0.837. The van der Waals surface area contributed by atoms with Crippen LogP contribution in [0.2, 0.25) is 0 Å². The van der Waals surface area contributed by atoms with E-state index in [4.69, 9.17) is 5.26 Å². The molecule has 0 radical (unpaired) electrons. The number of aryl methyl sites for hydroxylation is 1. The predicted molar refractivity (Wildman–Crippen MR) is 59.1 cm³/mol. The normalized spacial score (nSPS) is 9.60. The average Bonchev–Trinajstić information content (AvgIpc) is 2.65. The first-order valence-electron chi connectivity index (χ1n) is 4.33. The van der Waals surface area contributed by atoms with E-state index in [1.165, 1.54) is 11.3 Å². The van der Waals surface area contributed by atoms with Crippen LogP contribution >= 0.6 is 11.3 Å². The van der Waals surface area contributed by atoms with Crippen LogP contribution in [0.25, 0.3) is 0 Å². The van der Waals surface area contributed by atoms with Gasteiger partial charge in [-0.2, -0.15) is 5.26 Å². The Hall–Kier alpha value is -1.93. The van der Waals surface area contributed by atoms with E-state index >= 15 is 0 Å². The Morgan fingerprint density at radius 3 is 3.07 bits per heavy atom. The number of hydrogen-bond donors (Lipinski definition) is 1. The number of aromatic nitrogens is 2. The number of rotatable bonds is 2. The van der Waals surface area contributed by atoms with Crippen LogP contribution in [-0.2, 0) is 0 Å². The summed E-state index contributed by atoms with van der Waals surface area (Å²) in [6.07, 6.45) is 3.21. The van der Waals surface area contributed by atoms with Crippen LogP contribution in [0.1, 0.15) is 11.3 Å². The highest BCUT2D eigenvalue weighted by Gasteiger charge is 2.03. The van der Waals surface area contributed by atoms with Gasteiger partial charge in [0.1, 0.15) is 6.07 Å². The van der Waals surface area contributed by atoms with Crippen LogP contribution < -0.4 is 5.32 Å². The fourth-order valence-electron chi connectivity index (χ4n) is 1.12. The van der Waals surface area contributed by atoms with Gasteiger partial charge < -0.3 is 5.32 Å². The van der Waals surface area contributed by atoms with Crippen LogP contribution in [-0.4, -0.2) is 9.97 Å². The SMILES string of the molecule is Cc1csc(Nc2cnccc2C#N)n1. The largest absolute Gasteiger partial charge is 0.329 e. The molecule has 0 atom stereocenters. The van der Waals surface area contributed by atoms with E-state index in [0.717, 1.165) is 10.8 Å². The van der Waals surface area contributed by atoms with Crippen molar-refractivity contribution in [1.29, 1.82) is 5.26 Å². The van der Waals surface area contributed by atoms with E-state index in [1.54, 1.807) is 18.5 Å². The van der Waals surface area contributed by atoms with Crippen molar-refractivity contribution in [3.05, 3.63) is 35.1 Å². The van der Waals surface area contributed by atoms with Crippen LogP contribution in [0, 0.1) is 18.3 Å². The summed E-state index contributed by atoms with van der Waals surface area (Å²) < 4.78 is 0. The van der Waals surface area contributed by atoms with Crippen molar-refractivity contribution in [3.63, 3.8) is 0 Å². The molecule has 0 spiro atoms. The maximum Gasteiger partial charge on any atom is 0.187 e. The molecule has 0 unspecified atom stereocenters. The molecule has 2 aromatic heterocycles. The van der Waals surface area contributed by atoms with Crippen molar-refractivity contribution in [2.75, 3.05) is 5.32 Å². The molecule has 0 bridgehead atoms. The Morgan fingerprint density at radius 1 is 1.53 bits per heavy atom. The van der Waals surface area contributed by atoms with Gasteiger partial charge in [-0.15, -0.1) is 11.3 Å². The lowest BCUT2D eigenvalue weighted by molar-refractivity contribution is 1.25. The molecule has 0 amide bonds. The summed E-state index contributed by atoms with van der Waals surface area (Å²) in [5.41, 5.74) is 2.22. The predicted octanol–water partition coefficient (Wildman–Crippen LogP) is 2.46. The van der Waals surface area contributed by atoms with Gasteiger partial charge in [0.25, 0.3) is 0 Å². The lowest BCUT2D eigenvalue weighted by Crippen LogP contribution is -1.93. The van der Waals surface area contributed by atoms with E-state index in [0.29, 0.717) is 11.3 Å². The molecule has 0 aliphatic rings. The molecule has 0 fully saturated rings. The summed E-state index contributed by atoms with van der Waals surface area (Å²) in [5.74, 6) is 0. The topological polar surface area (TPSA) is 61.6 Å². The molecule has 0 saturated carbocycles. The minimum absolute atomic E-state index is 0.567. The van der Waals surface area contributed by atoms with Crippen molar-refractivity contribution < 1.29 is 0 Å². The zero-order chi connectivity index (χ0) is 10.7. The summed E-state index contributed by atoms with van der Waals surface area (Å²) in [5, 5.41) is 14.7. The molecular weight excluding hydrogens is 208 g/mol. The molecule has 2 aromatic rings. The second kappa shape index (κ2) is 4.07. The highest BCUT2D eigenvalue weighted by molar-refractivity contribution is 7.13. The van der Waals surface area contributed by atoms with Gasteiger partial charge in [-0.25, -0.2) is 4.98 Å². The molecular formula is C10H8N4S. The highest BCUT2D eigenvalue weighted by Crippen LogP contribution is 2.22.